The summed E-state index contributed by atoms with van der Waals surface area (Å²) < 4.78 is 63.8. The number of alkyl halides is 5. The molecule has 0 unspecified atom stereocenters. The lowest BCUT2D eigenvalue weighted by atomic mass is 10.1. The highest BCUT2D eigenvalue weighted by atomic mass is 19.4. The van der Waals surface area contributed by atoms with Crippen molar-refractivity contribution in [3.05, 3.63) is 41.5 Å². The first-order valence-corrected chi connectivity index (χ1v) is 5.57. The Hall–Kier alpha value is -1.99. The summed E-state index contributed by atoms with van der Waals surface area (Å²) in [7, 11) is 0. The maximum Gasteiger partial charge on any atom is 0.461 e. The predicted molar refractivity (Wildman–Crippen MR) is 60.8 cm³/mol. The second-order valence-corrected chi connectivity index (χ2v) is 4.37. The lowest BCUT2D eigenvalue weighted by Gasteiger charge is -2.15. The number of aromatic nitrogens is 3. The Morgan fingerprint density at radius 2 is 1.70 bits per heavy atom. The summed E-state index contributed by atoms with van der Waals surface area (Å²) in [4.78, 5) is 3.08. The number of hydrogen-bond acceptors (Lipinski definition) is 2. The van der Waals surface area contributed by atoms with Crippen LogP contribution >= 0.6 is 0 Å². The van der Waals surface area contributed by atoms with Crippen molar-refractivity contribution in [1.29, 1.82) is 0 Å². The molecule has 1 aromatic heterocycles. The number of nitrogens with zero attached hydrogens (tertiary/aromatic N) is 3. The number of halogens is 5. The van der Waals surface area contributed by atoms with Crippen LogP contribution in [0.4, 0.5) is 22.0 Å². The SMILES string of the molecule is Cc1ccc(-n2cnc(C(F)(F)C(F)(F)F)n2)c(C)c1. The van der Waals surface area contributed by atoms with Gasteiger partial charge in [-0.05, 0) is 25.5 Å². The Bertz CT molecular complexity index is 630. The number of hydrogen-bond donors (Lipinski definition) is 0. The third kappa shape index (κ3) is 2.37. The third-order valence-electron chi connectivity index (χ3n) is 2.73. The molecule has 0 aliphatic heterocycles. The molecule has 8 heteroatoms. The van der Waals surface area contributed by atoms with Gasteiger partial charge in [-0.15, -0.1) is 5.10 Å². The molecule has 3 nitrogen and oxygen atoms in total. The lowest BCUT2D eigenvalue weighted by molar-refractivity contribution is -0.292. The fourth-order valence-electron chi connectivity index (χ4n) is 1.71. The van der Waals surface area contributed by atoms with E-state index in [1.165, 1.54) is 0 Å². The van der Waals surface area contributed by atoms with E-state index in [0.717, 1.165) is 16.6 Å². The molecule has 0 saturated heterocycles. The van der Waals surface area contributed by atoms with Gasteiger partial charge in [0.15, 0.2) is 0 Å². The molecule has 108 valence electrons. The Balaban J connectivity index is 2.44. The zero-order valence-corrected chi connectivity index (χ0v) is 10.5. The fourth-order valence-corrected chi connectivity index (χ4v) is 1.71. The summed E-state index contributed by atoms with van der Waals surface area (Å²) in [5, 5.41) is 3.24. The Morgan fingerprint density at radius 1 is 1.05 bits per heavy atom. The second kappa shape index (κ2) is 4.53. The zero-order valence-electron chi connectivity index (χ0n) is 10.5. The standard InChI is InChI=1S/C12H10F5N3/c1-7-3-4-9(8(2)5-7)20-6-18-10(19-20)11(13,14)12(15,16)17/h3-6H,1-2H3. The van der Waals surface area contributed by atoms with Crippen LogP contribution in [0, 0.1) is 13.8 Å². The molecule has 0 atom stereocenters. The highest BCUT2D eigenvalue weighted by Crippen LogP contribution is 2.42. The molecular weight excluding hydrogens is 281 g/mol. The Labute approximate surface area is 111 Å². The smallest absolute Gasteiger partial charge is 0.220 e. The van der Waals surface area contributed by atoms with Crippen molar-refractivity contribution in [3.8, 4) is 5.69 Å². The van der Waals surface area contributed by atoms with Crippen molar-refractivity contribution < 1.29 is 22.0 Å². The van der Waals surface area contributed by atoms with E-state index >= 15 is 0 Å². The highest BCUT2D eigenvalue weighted by Gasteiger charge is 2.61. The van der Waals surface area contributed by atoms with Gasteiger partial charge in [-0.25, -0.2) is 9.67 Å². The molecule has 0 aliphatic carbocycles. The van der Waals surface area contributed by atoms with Gasteiger partial charge in [0, 0.05) is 0 Å². The van der Waals surface area contributed by atoms with E-state index in [-0.39, 0.29) is 0 Å². The summed E-state index contributed by atoms with van der Waals surface area (Å²) in [6.45, 7) is 3.53. The fraction of sp³-hybridized carbons (Fsp3) is 0.333. The second-order valence-electron chi connectivity index (χ2n) is 4.37. The van der Waals surface area contributed by atoms with Crippen LogP contribution in [-0.4, -0.2) is 20.9 Å². The predicted octanol–water partition coefficient (Wildman–Crippen LogP) is 3.54. The first-order valence-electron chi connectivity index (χ1n) is 5.57. The van der Waals surface area contributed by atoms with Gasteiger partial charge in [0.05, 0.1) is 5.69 Å². The van der Waals surface area contributed by atoms with Gasteiger partial charge < -0.3 is 0 Å². The summed E-state index contributed by atoms with van der Waals surface area (Å²) in [5.41, 5.74) is 2.02. The minimum absolute atomic E-state index is 0.396. The average molecular weight is 291 g/mol. The molecule has 0 radical (unpaired) electrons. The van der Waals surface area contributed by atoms with E-state index in [4.69, 9.17) is 0 Å². The van der Waals surface area contributed by atoms with Crippen molar-refractivity contribution in [2.24, 2.45) is 0 Å². The van der Waals surface area contributed by atoms with Crippen molar-refractivity contribution in [1.82, 2.24) is 14.8 Å². The van der Waals surface area contributed by atoms with Crippen LogP contribution in [-0.2, 0) is 5.92 Å². The molecule has 0 fully saturated rings. The van der Waals surface area contributed by atoms with E-state index in [9.17, 15) is 22.0 Å². The molecule has 0 bridgehead atoms. The summed E-state index contributed by atoms with van der Waals surface area (Å²) in [6, 6.07) is 5.04. The molecule has 0 spiro atoms. The van der Waals surface area contributed by atoms with E-state index in [0.29, 0.717) is 11.3 Å². The normalized spacial score (nSPS) is 12.8. The van der Waals surface area contributed by atoms with Crippen LogP contribution in [0.3, 0.4) is 0 Å². The van der Waals surface area contributed by atoms with Crippen LogP contribution in [0.5, 0.6) is 0 Å². The molecule has 0 aliphatic rings. The largest absolute Gasteiger partial charge is 0.461 e. The van der Waals surface area contributed by atoms with Crippen LogP contribution in [0.25, 0.3) is 5.69 Å². The number of rotatable bonds is 2. The number of aryl methyl sites for hydroxylation is 2. The molecule has 2 rings (SSSR count). The molecule has 0 amide bonds. The van der Waals surface area contributed by atoms with Gasteiger partial charge in [-0.2, -0.15) is 22.0 Å². The molecule has 1 aromatic carbocycles. The summed E-state index contributed by atoms with van der Waals surface area (Å²) in [6.07, 6.45) is -4.88. The quantitative estimate of drug-likeness (QED) is 0.792. The van der Waals surface area contributed by atoms with Crippen molar-refractivity contribution in [3.63, 3.8) is 0 Å². The van der Waals surface area contributed by atoms with Crippen molar-refractivity contribution in [2.75, 3.05) is 0 Å². The minimum atomic E-state index is -5.72. The van der Waals surface area contributed by atoms with Crippen LogP contribution < -0.4 is 0 Å². The Kier molecular flexibility index (Phi) is 3.27. The van der Waals surface area contributed by atoms with Crippen LogP contribution in [0.1, 0.15) is 17.0 Å². The summed E-state index contributed by atoms with van der Waals surface area (Å²) in [5.74, 6) is -6.64. The van der Waals surface area contributed by atoms with E-state index in [2.05, 4.69) is 10.1 Å². The minimum Gasteiger partial charge on any atom is -0.220 e. The maximum absolute atomic E-state index is 13.1. The van der Waals surface area contributed by atoms with Gasteiger partial charge in [-0.1, -0.05) is 17.7 Å². The van der Waals surface area contributed by atoms with E-state index in [1.807, 2.05) is 6.92 Å². The third-order valence-corrected chi connectivity index (χ3v) is 2.73. The molecule has 1 heterocycles. The molecule has 2 aromatic rings. The van der Waals surface area contributed by atoms with Gasteiger partial charge in [0.1, 0.15) is 6.33 Å². The topological polar surface area (TPSA) is 30.7 Å². The Morgan fingerprint density at radius 3 is 2.25 bits per heavy atom. The number of benzene rings is 1. The van der Waals surface area contributed by atoms with Crippen LogP contribution in [0.2, 0.25) is 0 Å². The average Bonchev–Trinajstić information content (AvgIpc) is 2.77. The molecule has 0 saturated carbocycles. The van der Waals surface area contributed by atoms with Gasteiger partial charge in [-0.3, -0.25) is 0 Å². The van der Waals surface area contributed by atoms with Gasteiger partial charge in [0.25, 0.3) is 0 Å². The monoisotopic (exact) mass is 291 g/mol. The highest BCUT2D eigenvalue weighted by molar-refractivity contribution is 5.41. The molecular formula is C12H10F5N3. The first kappa shape index (κ1) is 14.4. The maximum atomic E-state index is 13.1. The summed E-state index contributed by atoms with van der Waals surface area (Å²) >= 11 is 0. The van der Waals surface area contributed by atoms with Crippen LogP contribution in [0.15, 0.2) is 24.5 Å². The van der Waals surface area contributed by atoms with E-state index in [1.54, 1.807) is 25.1 Å². The first-order chi connectivity index (χ1) is 9.13. The molecule has 0 N–H and O–H groups in total. The van der Waals surface area contributed by atoms with Crippen molar-refractivity contribution in [2.45, 2.75) is 25.9 Å². The van der Waals surface area contributed by atoms with Crippen molar-refractivity contribution >= 4 is 0 Å². The molecule has 20 heavy (non-hydrogen) atoms. The van der Waals surface area contributed by atoms with Gasteiger partial charge in [0.2, 0.25) is 5.82 Å². The zero-order chi connectivity index (χ0) is 15.1. The van der Waals surface area contributed by atoms with E-state index < -0.39 is 17.9 Å². The lowest BCUT2D eigenvalue weighted by Crippen LogP contribution is -2.34. The van der Waals surface area contributed by atoms with Gasteiger partial charge >= 0.3 is 12.1 Å².